The highest BCUT2D eigenvalue weighted by molar-refractivity contribution is 8.00. The van der Waals surface area contributed by atoms with E-state index in [9.17, 15) is 0 Å². The van der Waals surface area contributed by atoms with Gasteiger partial charge < -0.3 is 5.32 Å². The molecule has 3 heteroatoms. The maximum atomic E-state index is 4.26. The number of hydrogen-bond acceptors (Lipinski definition) is 3. The van der Waals surface area contributed by atoms with E-state index in [1.165, 1.54) is 12.0 Å². The van der Waals surface area contributed by atoms with Crippen LogP contribution in [0, 0.1) is 0 Å². The Morgan fingerprint density at radius 3 is 2.77 bits per heavy atom. The Bertz CT molecular complexity index is 265. The Labute approximate surface area is 88.7 Å². The molecule has 1 saturated heterocycles. The number of thiol groups is 1. The van der Waals surface area contributed by atoms with Gasteiger partial charge in [-0.25, -0.2) is 0 Å². The minimum absolute atomic E-state index is 0.755. The Kier molecular flexibility index (Phi) is 3.19. The van der Waals surface area contributed by atoms with Crippen molar-refractivity contribution in [3.8, 4) is 0 Å². The molecule has 0 bridgehead atoms. The van der Waals surface area contributed by atoms with Crippen LogP contribution in [-0.4, -0.2) is 17.7 Å². The van der Waals surface area contributed by atoms with Crippen LogP contribution in [0.1, 0.15) is 5.56 Å². The van der Waals surface area contributed by atoms with E-state index >= 15 is 0 Å². The standard InChI is InChI=1S/C10H13NS2/c12-9-3-1-8(2-4-9)5-10-6-11-7-13-10/h1-4,10-12H,5-7H2. The predicted octanol–water partition coefficient (Wildman–Crippen LogP) is 2.18. The van der Waals surface area contributed by atoms with Gasteiger partial charge in [0.15, 0.2) is 0 Å². The van der Waals surface area contributed by atoms with Crippen molar-refractivity contribution in [1.29, 1.82) is 0 Å². The van der Waals surface area contributed by atoms with Gasteiger partial charge in [0.05, 0.1) is 0 Å². The van der Waals surface area contributed by atoms with Gasteiger partial charge in [-0.1, -0.05) is 12.1 Å². The number of rotatable bonds is 2. The molecule has 1 heterocycles. The van der Waals surface area contributed by atoms with E-state index in [-0.39, 0.29) is 0 Å². The smallest absolute Gasteiger partial charge is 0.0421 e. The van der Waals surface area contributed by atoms with Crippen LogP contribution in [0.5, 0.6) is 0 Å². The molecular formula is C10H13NS2. The largest absolute Gasteiger partial charge is 0.307 e. The molecule has 1 aliphatic heterocycles. The van der Waals surface area contributed by atoms with E-state index in [4.69, 9.17) is 0 Å². The molecule has 2 rings (SSSR count). The maximum absolute atomic E-state index is 4.26. The molecule has 1 nitrogen and oxygen atoms in total. The number of hydrogen-bond donors (Lipinski definition) is 2. The average Bonchev–Trinajstić information content (AvgIpc) is 2.62. The van der Waals surface area contributed by atoms with Crippen LogP contribution in [0.25, 0.3) is 0 Å². The van der Waals surface area contributed by atoms with Gasteiger partial charge in [-0.3, -0.25) is 0 Å². The van der Waals surface area contributed by atoms with Crippen LogP contribution in [0.4, 0.5) is 0 Å². The zero-order valence-corrected chi connectivity index (χ0v) is 9.07. The lowest BCUT2D eigenvalue weighted by Crippen LogP contribution is -2.14. The monoisotopic (exact) mass is 211 g/mol. The van der Waals surface area contributed by atoms with E-state index in [1.54, 1.807) is 0 Å². The molecule has 1 atom stereocenters. The van der Waals surface area contributed by atoms with Gasteiger partial charge >= 0.3 is 0 Å². The van der Waals surface area contributed by atoms with Crippen molar-refractivity contribution in [2.24, 2.45) is 0 Å². The molecule has 70 valence electrons. The predicted molar refractivity (Wildman–Crippen MR) is 61.6 cm³/mol. The number of benzene rings is 1. The number of nitrogens with one attached hydrogen (secondary N) is 1. The molecule has 0 saturated carbocycles. The topological polar surface area (TPSA) is 12.0 Å². The first kappa shape index (κ1) is 9.44. The molecule has 1 N–H and O–H groups in total. The highest BCUT2D eigenvalue weighted by atomic mass is 32.2. The van der Waals surface area contributed by atoms with Gasteiger partial charge in [0.2, 0.25) is 0 Å². The molecule has 1 aromatic rings. The normalized spacial score (nSPS) is 22.1. The third-order valence-electron chi connectivity index (χ3n) is 2.19. The summed E-state index contributed by atoms with van der Waals surface area (Å²) in [5.74, 6) is 1.11. The summed E-state index contributed by atoms with van der Waals surface area (Å²) in [5.41, 5.74) is 1.42. The molecule has 1 unspecified atom stereocenters. The van der Waals surface area contributed by atoms with Crippen molar-refractivity contribution < 1.29 is 0 Å². The van der Waals surface area contributed by atoms with Crippen LogP contribution in [0.3, 0.4) is 0 Å². The van der Waals surface area contributed by atoms with Gasteiger partial charge in [0.25, 0.3) is 0 Å². The summed E-state index contributed by atoms with van der Waals surface area (Å²) in [4.78, 5) is 1.04. The molecule has 13 heavy (non-hydrogen) atoms. The molecule has 0 spiro atoms. The first-order chi connectivity index (χ1) is 6.34. The van der Waals surface area contributed by atoms with E-state index < -0.39 is 0 Å². The zero-order chi connectivity index (χ0) is 9.10. The number of thioether (sulfide) groups is 1. The summed E-state index contributed by atoms with van der Waals surface area (Å²) in [5, 5.41) is 4.11. The molecule has 0 radical (unpaired) electrons. The lowest BCUT2D eigenvalue weighted by atomic mass is 10.1. The first-order valence-corrected chi connectivity index (χ1v) is 5.94. The van der Waals surface area contributed by atoms with Crippen LogP contribution >= 0.6 is 24.4 Å². The third kappa shape index (κ3) is 2.66. The van der Waals surface area contributed by atoms with E-state index in [2.05, 4.69) is 42.2 Å². The highest BCUT2D eigenvalue weighted by Crippen LogP contribution is 2.20. The maximum Gasteiger partial charge on any atom is 0.0421 e. The van der Waals surface area contributed by atoms with Crippen molar-refractivity contribution >= 4 is 24.4 Å². The fourth-order valence-corrected chi connectivity index (χ4v) is 2.65. The van der Waals surface area contributed by atoms with Crippen LogP contribution in [-0.2, 0) is 6.42 Å². The summed E-state index contributed by atoms with van der Waals surface area (Å²) in [6, 6.07) is 8.46. The third-order valence-corrected chi connectivity index (χ3v) is 3.67. The lowest BCUT2D eigenvalue weighted by molar-refractivity contribution is 0.769. The van der Waals surface area contributed by atoms with Crippen molar-refractivity contribution in [2.45, 2.75) is 16.6 Å². The fraction of sp³-hybridized carbons (Fsp3) is 0.400. The van der Waals surface area contributed by atoms with E-state index in [0.29, 0.717) is 0 Å². The molecule has 0 aromatic heterocycles. The van der Waals surface area contributed by atoms with Gasteiger partial charge in [0, 0.05) is 22.6 Å². The summed E-state index contributed by atoms with van der Waals surface area (Å²) < 4.78 is 0. The van der Waals surface area contributed by atoms with Gasteiger partial charge in [-0.2, -0.15) is 0 Å². The quantitative estimate of drug-likeness (QED) is 0.727. The zero-order valence-electron chi connectivity index (χ0n) is 7.36. The summed E-state index contributed by atoms with van der Waals surface area (Å²) >= 11 is 6.27. The van der Waals surface area contributed by atoms with Crippen molar-refractivity contribution in [3.63, 3.8) is 0 Å². The summed E-state index contributed by atoms with van der Waals surface area (Å²) in [6.07, 6.45) is 1.17. The Morgan fingerprint density at radius 2 is 2.15 bits per heavy atom. The molecule has 0 aliphatic carbocycles. The second-order valence-electron chi connectivity index (χ2n) is 3.26. The minimum atomic E-state index is 0.755. The molecular weight excluding hydrogens is 198 g/mol. The molecule has 1 aliphatic rings. The second kappa shape index (κ2) is 4.40. The van der Waals surface area contributed by atoms with Crippen molar-refractivity contribution in [1.82, 2.24) is 5.32 Å². The van der Waals surface area contributed by atoms with Crippen molar-refractivity contribution in [2.75, 3.05) is 12.4 Å². The highest BCUT2D eigenvalue weighted by Gasteiger charge is 2.14. The molecule has 1 fully saturated rings. The summed E-state index contributed by atoms with van der Waals surface area (Å²) in [7, 11) is 0. The Morgan fingerprint density at radius 1 is 1.38 bits per heavy atom. The van der Waals surface area contributed by atoms with Gasteiger partial charge in [-0.05, 0) is 24.1 Å². The van der Waals surface area contributed by atoms with E-state index in [0.717, 1.165) is 22.6 Å². The lowest BCUT2D eigenvalue weighted by Gasteiger charge is -2.07. The first-order valence-electron chi connectivity index (χ1n) is 4.45. The SMILES string of the molecule is Sc1ccc(CC2CNCS2)cc1. The summed E-state index contributed by atoms with van der Waals surface area (Å²) in [6.45, 7) is 1.15. The molecule has 1 aromatic carbocycles. The van der Waals surface area contributed by atoms with Crippen LogP contribution in [0.15, 0.2) is 29.2 Å². The fourth-order valence-electron chi connectivity index (χ4n) is 1.48. The second-order valence-corrected chi connectivity index (χ2v) is 5.06. The van der Waals surface area contributed by atoms with Crippen LogP contribution < -0.4 is 5.32 Å². The molecule has 0 amide bonds. The Hall–Kier alpha value is -0.120. The van der Waals surface area contributed by atoms with E-state index in [1.807, 2.05) is 11.8 Å². The van der Waals surface area contributed by atoms with Gasteiger partial charge in [0.1, 0.15) is 0 Å². The minimum Gasteiger partial charge on any atom is -0.307 e. The average molecular weight is 211 g/mol. The van der Waals surface area contributed by atoms with Crippen LogP contribution in [0.2, 0.25) is 0 Å². The Balaban J connectivity index is 1.97. The van der Waals surface area contributed by atoms with Gasteiger partial charge in [-0.15, -0.1) is 24.4 Å². The van der Waals surface area contributed by atoms with Crippen molar-refractivity contribution in [3.05, 3.63) is 29.8 Å².